The molecule has 0 atom stereocenters. The number of amides is 1. The molecule has 3 aromatic rings. The Labute approximate surface area is 126 Å². The maximum atomic E-state index is 12.2. The number of nitrogens with zero attached hydrogens (tertiary/aromatic N) is 1. The van der Waals surface area contributed by atoms with Crippen LogP contribution in [-0.2, 0) is 6.54 Å². The van der Waals surface area contributed by atoms with Crippen LogP contribution in [0.15, 0.2) is 42.5 Å². The van der Waals surface area contributed by atoms with Crippen LogP contribution in [0.3, 0.4) is 0 Å². The number of carbonyl (C=O) groups is 1. The average molecular weight is 295 g/mol. The number of H-pyrrole nitrogens is 1. The number of benzene rings is 2. The number of imidazole rings is 1. The number of rotatable bonds is 3. The number of aromatic amines is 1. The van der Waals surface area contributed by atoms with E-state index in [1.165, 1.54) is 0 Å². The van der Waals surface area contributed by atoms with Crippen LogP contribution in [0, 0.1) is 0 Å². The van der Waals surface area contributed by atoms with E-state index in [0.717, 1.165) is 16.9 Å². The van der Waals surface area contributed by atoms with Crippen LogP contribution in [-0.4, -0.2) is 22.7 Å². The topological polar surface area (TPSA) is 76.2 Å². The summed E-state index contributed by atoms with van der Waals surface area (Å²) in [5.74, 6) is 1.79. The van der Waals surface area contributed by atoms with E-state index in [1.807, 2.05) is 24.3 Å². The molecule has 0 radical (unpaired) electrons. The third-order valence-electron chi connectivity index (χ3n) is 3.49. The first kappa shape index (κ1) is 12.7. The van der Waals surface area contributed by atoms with Gasteiger partial charge in [0.2, 0.25) is 6.79 Å². The summed E-state index contributed by atoms with van der Waals surface area (Å²) in [7, 11) is 0. The first-order chi connectivity index (χ1) is 10.8. The van der Waals surface area contributed by atoms with Crippen LogP contribution in [0.4, 0.5) is 0 Å². The highest BCUT2D eigenvalue weighted by Crippen LogP contribution is 2.32. The van der Waals surface area contributed by atoms with Gasteiger partial charge in [-0.1, -0.05) is 12.1 Å². The fourth-order valence-electron chi connectivity index (χ4n) is 2.39. The average Bonchev–Trinajstić information content (AvgIpc) is 3.17. The summed E-state index contributed by atoms with van der Waals surface area (Å²) >= 11 is 0. The number of hydrogen-bond donors (Lipinski definition) is 2. The van der Waals surface area contributed by atoms with Gasteiger partial charge < -0.3 is 19.8 Å². The molecule has 22 heavy (non-hydrogen) atoms. The van der Waals surface area contributed by atoms with Gasteiger partial charge in [-0.05, 0) is 30.3 Å². The van der Waals surface area contributed by atoms with Crippen LogP contribution in [0.1, 0.15) is 16.2 Å². The Morgan fingerprint density at radius 1 is 1.18 bits per heavy atom. The van der Waals surface area contributed by atoms with Crippen LogP contribution in [0.2, 0.25) is 0 Å². The molecule has 2 heterocycles. The molecule has 1 aliphatic heterocycles. The van der Waals surface area contributed by atoms with Gasteiger partial charge in [0.25, 0.3) is 5.91 Å². The summed E-state index contributed by atoms with van der Waals surface area (Å²) in [6.45, 7) is 0.529. The minimum absolute atomic E-state index is 0.182. The van der Waals surface area contributed by atoms with Crippen molar-refractivity contribution >= 4 is 16.9 Å². The largest absolute Gasteiger partial charge is 0.454 e. The molecule has 0 aliphatic carbocycles. The fraction of sp³-hybridized carbons (Fsp3) is 0.125. The second kappa shape index (κ2) is 5.07. The standard InChI is InChI=1S/C16H13N3O3/c20-16(10-5-6-13-14(7-10)22-9-21-13)17-8-15-18-11-3-1-2-4-12(11)19-15/h1-7H,8-9H2,(H,17,20)(H,18,19). The lowest BCUT2D eigenvalue weighted by Crippen LogP contribution is -2.23. The predicted molar refractivity (Wildman–Crippen MR) is 79.8 cm³/mol. The number of para-hydroxylation sites is 2. The summed E-state index contributed by atoms with van der Waals surface area (Å²) in [6, 6.07) is 12.9. The lowest BCUT2D eigenvalue weighted by molar-refractivity contribution is 0.0949. The molecule has 110 valence electrons. The van der Waals surface area contributed by atoms with Crippen LogP contribution >= 0.6 is 0 Å². The zero-order valence-electron chi connectivity index (χ0n) is 11.6. The maximum Gasteiger partial charge on any atom is 0.251 e. The monoisotopic (exact) mass is 295 g/mol. The number of ether oxygens (including phenoxy) is 2. The van der Waals surface area contributed by atoms with Gasteiger partial charge in [0.15, 0.2) is 11.5 Å². The van der Waals surface area contributed by atoms with Gasteiger partial charge in [-0.3, -0.25) is 4.79 Å². The zero-order valence-corrected chi connectivity index (χ0v) is 11.6. The Hall–Kier alpha value is -3.02. The summed E-state index contributed by atoms with van der Waals surface area (Å²) < 4.78 is 10.5. The molecule has 0 saturated carbocycles. The molecule has 1 amide bonds. The minimum Gasteiger partial charge on any atom is -0.454 e. The molecule has 4 rings (SSSR count). The number of carbonyl (C=O) groups excluding carboxylic acids is 1. The van der Waals surface area contributed by atoms with Crippen molar-refractivity contribution in [2.75, 3.05) is 6.79 Å². The summed E-state index contributed by atoms with van der Waals surface area (Å²) in [5.41, 5.74) is 2.37. The normalized spacial score (nSPS) is 12.5. The van der Waals surface area contributed by atoms with Gasteiger partial charge in [0.05, 0.1) is 17.6 Å². The van der Waals surface area contributed by atoms with E-state index in [4.69, 9.17) is 9.47 Å². The first-order valence-corrected chi connectivity index (χ1v) is 6.91. The van der Waals surface area contributed by atoms with E-state index in [-0.39, 0.29) is 12.7 Å². The molecule has 6 heteroatoms. The Morgan fingerprint density at radius 2 is 2.05 bits per heavy atom. The van der Waals surface area contributed by atoms with Gasteiger partial charge in [-0.15, -0.1) is 0 Å². The number of hydrogen-bond acceptors (Lipinski definition) is 4. The van der Waals surface area contributed by atoms with Crippen LogP contribution in [0.5, 0.6) is 11.5 Å². The molecule has 1 aromatic heterocycles. The van der Waals surface area contributed by atoms with E-state index >= 15 is 0 Å². The summed E-state index contributed by atoms with van der Waals surface area (Å²) in [4.78, 5) is 19.8. The first-order valence-electron chi connectivity index (χ1n) is 6.91. The van der Waals surface area contributed by atoms with Gasteiger partial charge in [-0.25, -0.2) is 4.98 Å². The van der Waals surface area contributed by atoms with Gasteiger partial charge >= 0.3 is 0 Å². The molecule has 0 saturated heterocycles. The molecule has 0 fully saturated rings. The van der Waals surface area contributed by atoms with Crippen molar-refractivity contribution in [1.82, 2.24) is 15.3 Å². The van der Waals surface area contributed by atoms with E-state index in [9.17, 15) is 4.79 Å². The van der Waals surface area contributed by atoms with Crippen molar-refractivity contribution in [2.24, 2.45) is 0 Å². The highest BCUT2D eigenvalue weighted by molar-refractivity contribution is 5.94. The lowest BCUT2D eigenvalue weighted by atomic mass is 10.2. The SMILES string of the molecule is O=C(NCc1nc2ccccc2[nH]1)c1ccc2c(c1)OCO2. The molecule has 6 nitrogen and oxygen atoms in total. The molecule has 2 aromatic carbocycles. The second-order valence-corrected chi connectivity index (χ2v) is 4.95. The van der Waals surface area contributed by atoms with Crippen LogP contribution < -0.4 is 14.8 Å². The van der Waals surface area contributed by atoms with Crippen molar-refractivity contribution in [1.29, 1.82) is 0 Å². The van der Waals surface area contributed by atoms with Crippen molar-refractivity contribution < 1.29 is 14.3 Å². The van der Waals surface area contributed by atoms with Gasteiger partial charge in [-0.2, -0.15) is 0 Å². The number of nitrogens with one attached hydrogen (secondary N) is 2. The quantitative estimate of drug-likeness (QED) is 0.777. The van der Waals surface area contributed by atoms with Gasteiger partial charge in [0.1, 0.15) is 5.82 Å². The van der Waals surface area contributed by atoms with Crippen molar-refractivity contribution in [3.63, 3.8) is 0 Å². The zero-order chi connectivity index (χ0) is 14.9. The fourth-order valence-corrected chi connectivity index (χ4v) is 2.39. The Balaban J connectivity index is 1.47. The van der Waals surface area contributed by atoms with Crippen LogP contribution in [0.25, 0.3) is 11.0 Å². The van der Waals surface area contributed by atoms with E-state index in [0.29, 0.717) is 23.6 Å². The molecular weight excluding hydrogens is 282 g/mol. The van der Waals surface area contributed by atoms with Crippen molar-refractivity contribution in [2.45, 2.75) is 6.54 Å². The van der Waals surface area contributed by atoms with Crippen molar-refractivity contribution in [3.05, 3.63) is 53.9 Å². The Morgan fingerprint density at radius 3 is 2.95 bits per heavy atom. The van der Waals surface area contributed by atoms with Crippen molar-refractivity contribution in [3.8, 4) is 11.5 Å². The maximum absolute atomic E-state index is 12.2. The smallest absolute Gasteiger partial charge is 0.251 e. The molecule has 2 N–H and O–H groups in total. The van der Waals surface area contributed by atoms with Gasteiger partial charge in [0, 0.05) is 5.56 Å². The second-order valence-electron chi connectivity index (χ2n) is 4.95. The molecule has 0 bridgehead atoms. The molecule has 1 aliphatic rings. The predicted octanol–water partition coefficient (Wildman–Crippen LogP) is 2.22. The summed E-state index contributed by atoms with van der Waals surface area (Å²) in [5, 5.41) is 2.84. The highest BCUT2D eigenvalue weighted by Gasteiger charge is 2.16. The van der Waals surface area contributed by atoms with E-state index in [1.54, 1.807) is 18.2 Å². The number of fused-ring (bicyclic) bond motifs is 2. The number of aromatic nitrogens is 2. The summed E-state index contributed by atoms with van der Waals surface area (Å²) in [6.07, 6.45) is 0. The van der Waals surface area contributed by atoms with E-state index in [2.05, 4.69) is 15.3 Å². The van der Waals surface area contributed by atoms with E-state index < -0.39 is 0 Å². The third kappa shape index (κ3) is 2.24. The molecule has 0 spiro atoms. The highest BCUT2D eigenvalue weighted by atomic mass is 16.7. The lowest BCUT2D eigenvalue weighted by Gasteiger charge is -2.04. The minimum atomic E-state index is -0.182. The Kier molecular flexibility index (Phi) is 2.93. The Bertz CT molecular complexity index is 824. The molecule has 0 unspecified atom stereocenters. The molecular formula is C16H13N3O3. The third-order valence-corrected chi connectivity index (χ3v) is 3.49.